The molecule has 8 nitrogen and oxygen atoms in total. The van der Waals surface area contributed by atoms with E-state index in [1.807, 2.05) is 27.8 Å². The van der Waals surface area contributed by atoms with Gasteiger partial charge in [0.15, 0.2) is 5.82 Å². The van der Waals surface area contributed by atoms with E-state index in [-0.39, 0.29) is 11.9 Å². The summed E-state index contributed by atoms with van der Waals surface area (Å²) in [5.41, 5.74) is 1.31. The molecule has 0 radical (unpaired) electrons. The van der Waals surface area contributed by atoms with Crippen molar-refractivity contribution < 1.29 is 9.90 Å². The van der Waals surface area contributed by atoms with Crippen LogP contribution >= 0.6 is 0 Å². The van der Waals surface area contributed by atoms with E-state index in [1.165, 1.54) is 0 Å². The Morgan fingerprint density at radius 2 is 1.83 bits per heavy atom. The molecule has 0 spiro atoms. The third-order valence-electron chi connectivity index (χ3n) is 6.12. The van der Waals surface area contributed by atoms with Gasteiger partial charge in [-0.25, -0.2) is 15.0 Å². The molecule has 0 bridgehead atoms. The molecule has 0 unspecified atom stereocenters. The van der Waals surface area contributed by atoms with Gasteiger partial charge in [0.2, 0.25) is 0 Å². The number of hydrogen-bond acceptors (Lipinski definition) is 6. The Balaban J connectivity index is 1.28. The number of rotatable bonds is 3. The molecule has 1 aliphatic heterocycles. The molecule has 8 heteroatoms. The minimum absolute atomic E-state index is 0.0240. The standard InChI is InChI=1S/C21H22N6O2/c28-19-7-16-12-27(11-15(16)6-18(19)26-5-4-23-13-26)21(29)17-9-24-20(25-10-17)14-2-1-3-22-8-14/h1-5,8-10,13,15-16,18-19,28H,6-7,11-12H2/t15-,16+,18-,19-/m1/s1. The van der Waals surface area contributed by atoms with Crippen LogP contribution in [0.1, 0.15) is 29.2 Å². The zero-order valence-electron chi connectivity index (χ0n) is 15.9. The summed E-state index contributed by atoms with van der Waals surface area (Å²) in [5, 5.41) is 10.6. The summed E-state index contributed by atoms with van der Waals surface area (Å²) >= 11 is 0. The normalized spacial score (nSPS) is 26.3. The minimum Gasteiger partial charge on any atom is -0.391 e. The van der Waals surface area contributed by atoms with Crippen molar-refractivity contribution >= 4 is 5.91 Å². The van der Waals surface area contributed by atoms with Crippen molar-refractivity contribution in [3.63, 3.8) is 0 Å². The summed E-state index contributed by atoms with van der Waals surface area (Å²) in [5.74, 6) is 1.21. The van der Waals surface area contributed by atoms with Gasteiger partial charge >= 0.3 is 0 Å². The molecule has 1 aliphatic carbocycles. The highest BCUT2D eigenvalue weighted by Crippen LogP contribution is 2.41. The highest BCUT2D eigenvalue weighted by atomic mass is 16.3. The van der Waals surface area contributed by atoms with E-state index in [1.54, 1.807) is 37.3 Å². The maximum Gasteiger partial charge on any atom is 0.257 e. The highest BCUT2D eigenvalue weighted by molar-refractivity contribution is 5.94. The Morgan fingerprint density at radius 1 is 1.03 bits per heavy atom. The molecule has 0 aromatic carbocycles. The second-order valence-corrected chi connectivity index (χ2v) is 7.88. The Labute approximate surface area is 168 Å². The summed E-state index contributed by atoms with van der Waals surface area (Å²) in [6, 6.07) is 3.74. The first-order chi connectivity index (χ1) is 14.2. The highest BCUT2D eigenvalue weighted by Gasteiger charge is 2.43. The van der Waals surface area contributed by atoms with Crippen molar-refractivity contribution in [1.29, 1.82) is 0 Å². The monoisotopic (exact) mass is 390 g/mol. The molecule has 2 fully saturated rings. The number of nitrogens with zero attached hydrogens (tertiary/aromatic N) is 6. The third kappa shape index (κ3) is 3.40. The largest absolute Gasteiger partial charge is 0.391 e. The maximum atomic E-state index is 13.0. The molecule has 4 heterocycles. The zero-order valence-corrected chi connectivity index (χ0v) is 15.9. The first-order valence-electron chi connectivity index (χ1n) is 9.86. The zero-order chi connectivity index (χ0) is 19.8. The van der Waals surface area contributed by atoms with E-state index in [0.717, 1.165) is 12.0 Å². The molecule has 3 aromatic rings. The van der Waals surface area contributed by atoms with Gasteiger partial charge in [0.25, 0.3) is 5.91 Å². The van der Waals surface area contributed by atoms with Crippen molar-refractivity contribution in [2.75, 3.05) is 13.1 Å². The summed E-state index contributed by atoms with van der Waals surface area (Å²) < 4.78 is 1.98. The number of aliphatic hydroxyl groups is 1. The lowest BCUT2D eigenvalue weighted by molar-refractivity contribution is 0.0357. The quantitative estimate of drug-likeness (QED) is 0.733. The minimum atomic E-state index is -0.414. The number of hydrogen-bond donors (Lipinski definition) is 1. The van der Waals surface area contributed by atoms with E-state index in [0.29, 0.717) is 42.7 Å². The van der Waals surface area contributed by atoms with Gasteiger partial charge in [-0.2, -0.15) is 0 Å². The molecule has 1 saturated heterocycles. The molecule has 1 N–H and O–H groups in total. The maximum absolute atomic E-state index is 13.0. The van der Waals surface area contributed by atoms with Crippen LogP contribution in [-0.2, 0) is 0 Å². The number of fused-ring (bicyclic) bond motifs is 1. The predicted molar refractivity (Wildman–Crippen MR) is 105 cm³/mol. The summed E-state index contributed by atoms with van der Waals surface area (Å²) in [6.07, 6.45) is 13.1. The molecule has 29 heavy (non-hydrogen) atoms. The number of imidazole rings is 1. The van der Waals surface area contributed by atoms with Gasteiger partial charge in [-0.1, -0.05) is 0 Å². The average molecular weight is 390 g/mol. The lowest BCUT2D eigenvalue weighted by atomic mass is 9.77. The first kappa shape index (κ1) is 17.9. The smallest absolute Gasteiger partial charge is 0.257 e. The van der Waals surface area contributed by atoms with Crippen molar-refractivity contribution in [3.05, 3.63) is 61.2 Å². The fraction of sp³-hybridized carbons (Fsp3) is 0.381. The second-order valence-electron chi connectivity index (χ2n) is 7.88. The predicted octanol–water partition coefficient (Wildman–Crippen LogP) is 1.82. The number of carbonyl (C=O) groups excluding carboxylic acids is 1. The summed E-state index contributed by atoms with van der Waals surface area (Å²) in [6.45, 7) is 1.37. The van der Waals surface area contributed by atoms with Crippen molar-refractivity contribution in [2.24, 2.45) is 11.8 Å². The van der Waals surface area contributed by atoms with E-state index >= 15 is 0 Å². The van der Waals surface area contributed by atoms with Crippen LogP contribution in [0.25, 0.3) is 11.4 Å². The SMILES string of the molecule is O=C(c1cnc(-c2cccnc2)nc1)N1C[C@H]2C[C@@H](n3ccnc3)[C@H](O)C[C@H]2C1. The molecule has 1 amide bonds. The number of likely N-dealkylation sites (tertiary alicyclic amines) is 1. The van der Waals surface area contributed by atoms with Gasteiger partial charge in [-0.15, -0.1) is 0 Å². The van der Waals surface area contributed by atoms with E-state index in [2.05, 4.69) is 19.9 Å². The Bertz CT molecular complexity index is 976. The summed E-state index contributed by atoms with van der Waals surface area (Å²) in [7, 11) is 0. The first-order valence-corrected chi connectivity index (χ1v) is 9.86. The topological polar surface area (TPSA) is 97.0 Å². The molecule has 3 aromatic heterocycles. The van der Waals surface area contributed by atoms with Gasteiger partial charge < -0.3 is 14.6 Å². The van der Waals surface area contributed by atoms with Crippen LogP contribution in [0.5, 0.6) is 0 Å². The van der Waals surface area contributed by atoms with Gasteiger partial charge in [0.1, 0.15) is 0 Å². The third-order valence-corrected chi connectivity index (χ3v) is 6.12. The number of amides is 1. The van der Waals surface area contributed by atoms with Crippen LogP contribution in [0.2, 0.25) is 0 Å². The Kier molecular flexibility index (Phi) is 4.55. The van der Waals surface area contributed by atoms with Crippen LogP contribution in [0.3, 0.4) is 0 Å². The number of aliphatic hydroxyl groups excluding tert-OH is 1. The molecule has 5 rings (SSSR count). The Morgan fingerprint density at radius 3 is 2.52 bits per heavy atom. The summed E-state index contributed by atoms with van der Waals surface area (Å²) in [4.78, 5) is 31.7. The fourth-order valence-corrected chi connectivity index (χ4v) is 4.62. The number of carbonyl (C=O) groups is 1. The molecule has 2 aliphatic rings. The molecular weight excluding hydrogens is 368 g/mol. The van der Waals surface area contributed by atoms with Gasteiger partial charge in [0, 0.05) is 55.8 Å². The van der Waals surface area contributed by atoms with E-state index in [9.17, 15) is 9.90 Å². The van der Waals surface area contributed by atoms with Crippen LogP contribution in [0.15, 0.2) is 55.6 Å². The van der Waals surface area contributed by atoms with Crippen LogP contribution in [-0.4, -0.2) is 59.6 Å². The lowest BCUT2D eigenvalue weighted by Crippen LogP contribution is -2.35. The molecule has 4 atom stereocenters. The van der Waals surface area contributed by atoms with Gasteiger partial charge in [-0.3, -0.25) is 9.78 Å². The van der Waals surface area contributed by atoms with E-state index in [4.69, 9.17) is 0 Å². The van der Waals surface area contributed by atoms with Crippen molar-refractivity contribution in [3.8, 4) is 11.4 Å². The Hall–Kier alpha value is -3.13. The number of aromatic nitrogens is 5. The van der Waals surface area contributed by atoms with Crippen LogP contribution in [0.4, 0.5) is 0 Å². The van der Waals surface area contributed by atoms with Crippen molar-refractivity contribution in [2.45, 2.75) is 25.0 Å². The fourth-order valence-electron chi connectivity index (χ4n) is 4.62. The van der Waals surface area contributed by atoms with Crippen LogP contribution < -0.4 is 0 Å². The number of pyridine rings is 1. The van der Waals surface area contributed by atoms with Gasteiger partial charge in [-0.05, 0) is 36.8 Å². The second kappa shape index (κ2) is 7.36. The molecule has 148 valence electrons. The molecular formula is C21H22N6O2. The van der Waals surface area contributed by atoms with Crippen LogP contribution in [0, 0.1) is 11.8 Å². The average Bonchev–Trinajstić information content (AvgIpc) is 3.43. The van der Waals surface area contributed by atoms with Crippen molar-refractivity contribution in [1.82, 2.24) is 29.4 Å². The van der Waals surface area contributed by atoms with Gasteiger partial charge in [0.05, 0.1) is 24.0 Å². The molecule has 1 saturated carbocycles. The van der Waals surface area contributed by atoms with E-state index < -0.39 is 6.10 Å². The lowest BCUT2D eigenvalue weighted by Gasteiger charge is -2.35.